The van der Waals surface area contributed by atoms with Gasteiger partial charge in [-0.25, -0.2) is 0 Å². The SMILES string of the molecule is CCC(C)(C)c1cccc(I)c1C(C)(C)CC.O=S(=O)(O)O. The zero-order valence-corrected chi connectivity index (χ0v) is 17.1. The van der Waals surface area contributed by atoms with E-state index in [4.69, 9.17) is 17.5 Å². The average Bonchev–Trinajstić information content (AvgIpc) is 2.36. The highest BCUT2D eigenvalue weighted by Gasteiger charge is 2.30. The van der Waals surface area contributed by atoms with Crippen molar-refractivity contribution in [2.75, 3.05) is 0 Å². The summed E-state index contributed by atoms with van der Waals surface area (Å²) < 4.78 is 33.0. The molecule has 0 radical (unpaired) electrons. The van der Waals surface area contributed by atoms with E-state index in [0.717, 1.165) is 0 Å². The first-order valence-electron chi connectivity index (χ1n) is 7.25. The third kappa shape index (κ3) is 6.93. The Kier molecular flexibility index (Phi) is 8.01. The predicted molar refractivity (Wildman–Crippen MR) is 100.0 cm³/mol. The molecule has 2 N–H and O–H groups in total. The predicted octanol–water partition coefficient (Wildman–Crippen LogP) is 5.01. The summed E-state index contributed by atoms with van der Waals surface area (Å²) in [4.78, 5) is 0. The van der Waals surface area contributed by atoms with Gasteiger partial charge in [-0.15, -0.1) is 0 Å². The molecule has 0 aromatic heterocycles. The Morgan fingerprint density at radius 2 is 1.41 bits per heavy atom. The van der Waals surface area contributed by atoms with Gasteiger partial charge in [-0.1, -0.05) is 53.7 Å². The molecule has 6 heteroatoms. The number of rotatable bonds is 4. The summed E-state index contributed by atoms with van der Waals surface area (Å²) >= 11 is 2.49. The first kappa shape index (κ1) is 21.8. The van der Waals surface area contributed by atoms with E-state index in [1.54, 1.807) is 5.56 Å². The van der Waals surface area contributed by atoms with Crippen LogP contribution in [-0.4, -0.2) is 17.5 Å². The van der Waals surface area contributed by atoms with E-state index in [1.165, 1.54) is 22.0 Å². The van der Waals surface area contributed by atoms with Crippen LogP contribution in [0.3, 0.4) is 0 Å². The molecule has 0 unspecified atom stereocenters. The largest absolute Gasteiger partial charge is 0.394 e. The van der Waals surface area contributed by atoms with Crippen LogP contribution < -0.4 is 0 Å². The molecule has 4 nitrogen and oxygen atoms in total. The Hall–Kier alpha value is -0.180. The lowest BCUT2D eigenvalue weighted by atomic mass is 9.71. The zero-order valence-electron chi connectivity index (χ0n) is 14.1. The molecule has 0 aliphatic rings. The molecule has 0 bridgehead atoms. The third-order valence-electron chi connectivity index (χ3n) is 4.19. The van der Waals surface area contributed by atoms with Gasteiger partial charge in [0.05, 0.1) is 0 Å². The molecule has 0 saturated heterocycles. The molecule has 0 aliphatic heterocycles. The fourth-order valence-corrected chi connectivity index (χ4v) is 3.37. The summed E-state index contributed by atoms with van der Waals surface area (Å²) in [7, 11) is -4.67. The molecule has 0 saturated carbocycles. The first-order chi connectivity index (χ1) is 9.76. The van der Waals surface area contributed by atoms with E-state index in [0.29, 0.717) is 0 Å². The van der Waals surface area contributed by atoms with Gasteiger partial charge in [-0.2, -0.15) is 8.42 Å². The highest BCUT2D eigenvalue weighted by molar-refractivity contribution is 14.1. The second kappa shape index (κ2) is 8.08. The smallest absolute Gasteiger partial charge is 0.264 e. The van der Waals surface area contributed by atoms with E-state index in [2.05, 4.69) is 82.3 Å². The van der Waals surface area contributed by atoms with Gasteiger partial charge in [0, 0.05) is 3.57 Å². The van der Waals surface area contributed by atoms with Crippen molar-refractivity contribution >= 4 is 33.0 Å². The minimum atomic E-state index is -4.67. The van der Waals surface area contributed by atoms with E-state index in [9.17, 15) is 0 Å². The summed E-state index contributed by atoms with van der Waals surface area (Å²) in [5.41, 5.74) is 3.61. The third-order valence-corrected chi connectivity index (χ3v) is 5.09. The summed E-state index contributed by atoms with van der Waals surface area (Å²) in [6, 6.07) is 6.75. The van der Waals surface area contributed by atoms with Gasteiger partial charge in [-0.3, -0.25) is 9.11 Å². The molecule has 0 amide bonds. The second-order valence-corrected chi connectivity index (χ2v) is 8.64. The second-order valence-electron chi connectivity index (χ2n) is 6.59. The van der Waals surface area contributed by atoms with Crippen molar-refractivity contribution in [3.8, 4) is 0 Å². The van der Waals surface area contributed by atoms with Gasteiger partial charge in [0.1, 0.15) is 0 Å². The lowest BCUT2D eigenvalue weighted by Crippen LogP contribution is -2.26. The van der Waals surface area contributed by atoms with Gasteiger partial charge in [0.25, 0.3) is 0 Å². The summed E-state index contributed by atoms with van der Waals surface area (Å²) in [6.07, 6.45) is 2.36. The van der Waals surface area contributed by atoms with Crippen molar-refractivity contribution in [1.82, 2.24) is 0 Å². The lowest BCUT2D eigenvalue weighted by Gasteiger charge is -2.34. The van der Waals surface area contributed by atoms with E-state index in [1.807, 2.05) is 0 Å². The Morgan fingerprint density at radius 3 is 1.77 bits per heavy atom. The van der Waals surface area contributed by atoms with Crippen LogP contribution in [-0.2, 0) is 21.2 Å². The van der Waals surface area contributed by atoms with Crippen molar-refractivity contribution in [2.24, 2.45) is 0 Å². The van der Waals surface area contributed by atoms with Crippen LogP contribution in [0.5, 0.6) is 0 Å². The fraction of sp³-hybridized carbons (Fsp3) is 0.625. The summed E-state index contributed by atoms with van der Waals surface area (Å²) in [5, 5.41) is 0. The van der Waals surface area contributed by atoms with Crippen LogP contribution in [0.25, 0.3) is 0 Å². The van der Waals surface area contributed by atoms with Crippen molar-refractivity contribution in [1.29, 1.82) is 0 Å². The Morgan fingerprint density at radius 1 is 1.00 bits per heavy atom. The molecule has 1 aromatic carbocycles. The van der Waals surface area contributed by atoms with Crippen molar-refractivity contribution < 1.29 is 17.5 Å². The first-order valence-corrected chi connectivity index (χ1v) is 9.73. The highest BCUT2D eigenvalue weighted by Crippen LogP contribution is 2.39. The topological polar surface area (TPSA) is 74.6 Å². The maximum absolute atomic E-state index is 8.74. The zero-order chi connectivity index (χ0) is 17.8. The van der Waals surface area contributed by atoms with Crippen molar-refractivity contribution in [3.63, 3.8) is 0 Å². The standard InChI is InChI=1S/C16H25I.H2O4S/c1-7-15(3,4)12-10-9-11-13(17)14(12)16(5,6)8-2;1-5(2,3)4/h9-11H,7-8H2,1-6H3;(H2,1,2,3,4). The number of halogens is 1. The lowest BCUT2D eigenvalue weighted by molar-refractivity contribution is 0.381. The van der Waals surface area contributed by atoms with Gasteiger partial charge < -0.3 is 0 Å². The van der Waals surface area contributed by atoms with Crippen LogP contribution in [0.4, 0.5) is 0 Å². The number of benzene rings is 1. The average molecular weight is 442 g/mol. The highest BCUT2D eigenvalue weighted by atomic mass is 127. The maximum Gasteiger partial charge on any atom is 0.394 e. The summed E-state index contributed by atoms with van der Waals surface area (Å²) in [6.45, 7) is 14.0. The fourth-order valence-electron chi connectivity index (χ4n) is 2.14. The maximum atomic E-state index is 8.74. The Labute approximate surface area is 148 Å². The van der Waals surface area contributed by atoms with Crippen molar-refractivity contribution in [3.05, 3.63) is 32.9 Å². The Bertz CT molecular complexity index is 584. The van der Waals surface area contributed by atoms with Crippen LogP contribution >= 0.6 is 22.6 Å². The van der Waals surface area contributed by atoms with Crippen molar-refractivity contribution in [2.45, 2.75) is 65.2 Å². The van der Waals surface area contributed by atoms with Crippen LogP contribution in [0.2, 0.25) is 0 Å². The summed E-state index contributed by atoms with van der Waals surface area (Å²) in [5.74, 6) is 0. The van der Waals surface area contributed by atoms with Crippen LogP contribution in [0.15, 0.2) is 18.2 Å². The number of hydrogen-bond acceptors (Lipinski definition) is 2. The molecular formula is C16H27IO4S. The van der Waals surface area contributed by atoms with Gasteiger partial charge in [0.2, 0.25) is 0 Å². The molecular weight excluding hydrogens is 415 g/mol. The molecule has 0 fully saturated rings. The number of hydrogen-bond donors (Lipinski definition) is 2. The quantitative estimate of drug-likeness (QED) is 0.508. The van der Waals surface area contributed by atoms with E-state index in [-0.39, 0.29) is 10.8 Å². The molecule has 1 aromatic rings. The van der Waals surface area contributed by atoms with Gasteiger partial charge >= 0.3 is 10.4 Å². The monoisotopic (exact) mass is 442 g/mol. The van der Waals surface area contributed by atoms with Crippen LogP contribution in [0.1, 0.15) is 65.5 Å². The molecule has 0 atom stereocenters. The van der Waals surface area contributed by atoms with Gasteiger partial charge in [-0.05, 0) is 63.5 Å². The minimum Gasteiger partial charge on any atom is -0.264 e. The van der Waals surface area contributed by atoms with E-state index >= 15 is 0 Å². The normalized spacial score (nSPS) is 12.6. The Balaban J connectivity index is 0.000000763. The minimum absolute atomic E-state index is 0.263. The van der Waals surface area contributed by atoms with Gasteiger partial charge in [0.15, 0.2) is 0 Å². The molecule has 0 spiro atoms. The molecule has 1 rings (SSSR count). The molecule has 0 aliphatic carbocycles. The molecule has 0 heterocycles. The molecule has 128 valence electrons. The molecule has 22 heavy (non-hydrogen) atoms. The van der Waals surface area contributed by atoms with Crippen LogP contribution in [0, 0.1) is 3.57 Å². The van der Waals surface area contributed by atoms with E-state index < -0.39 is 10.4 Å².